The third kappa shape index (κ3) is 3.69. The molecule has 1 nitrogen and oxygen atoms in total. The van der Waals surface area contributed by atoms with Gasteiger partial charge in [0.15, 0.2) is 0 Å². The molecule has 0 aromatic carbocycles. The van der Waals surface area contributed by atoms with Crippen LogP contribution < -0.4 is 3.80 Å². The van der Waals surface area contributed by atoms with E-state index in [4.69, 9.17) is 0 Å². The average Bonchev–Trinajstić information content (AvgIpc) is 2.57. The van der Waals surface area contributed by atoms with Gasteiger partial charge < -0.3 is 0 Å². The molecule has 2 aliphatic carbocycles. The fourth-order valence-electron chi connectivity index (χ4n) is 3.86. The summed E-state index contributed by atoms with van der Waals surface area (Å²) in [5.41, 5.74) is 0.274. The SMILES string of the molecule is CC(C)(C)[NH][Ti]([CH3])([CH3])[CH]1CCC2C=CC=CC21.[SiH4]. The summed E-state index contributed by atoms with van der Waals surface area (Å²) in [4.78, 5) is 0. The summed E-state index contributed by atoms with van der Waals surface area (Å²) in [6.45, 7) is 6.93. The van der Waals surface area contributed by atoms with Gasteiger partial charge in [-0.1, -0.05) is 0 Å². The van der Waals surface area contributed by atoms with Gasteiger partial charge in [-0.15, -0.1) is 0 Å². The first-order valence-corrected chi connectivity index (χ1v) is 11.7. The summed E-state index contributed by atoms with van der Waals surface area (Å²) in [6, 6.07) is 0. The van der Waals surface area contributed by atoms with Crippen LogP contribution in [0.3, 0.4) is 0 Å². The van der Waals surface area contributed by atoms with Crippen LogP contribution in [0.2, 0.25) is 14.7 Å². The smallest absolute Gasteiger partial charge is 0.0149 e. The Morgan fingerprint density at radius 2 is 1.67 bits per heavy atom. The number of rotatable bonds is 2. The maximum Gasteiger partial charge on any atom is -0.0149 e. The Morgan fingerprint density at radius 1 is 1.06 bits per heavy atom. The summed E-state index contributed by atoms with van der Waals surface area (Å²) in [6.07, 6.45) is 12.2. The molecular formula is C15H31NSiTi. The number of fused-ring (bicyclic) bond motifs is 1. The van der Waals surface area contributed by atoms with Gasteiger partial charge in [0.2, 0.25) is 0 Å². The molecule has 0 spiro atoms. The van der Waals surface area contributed by atoms with Crippen molar-refractivity contribution in [2.45, 2.75) is 53.8 Å². The van der Waals surface area contributed by atoms with Crippen molar-refractivity contribution in [2.24, 2.45) is 11.8 Å². The Morgan fingerprint density at radius 3 is 2.28 bits per heavy atom. The van der Waals surface area contributed by atoms with E-state index in [1.807, 2.05) is 0 Å². The first-order valence-electron chi connectivity index (χ1n) is 6.94. The normalized spacial score (nSPS) is 31.1. The Hall–Kier alpha value is 0.371. The van der Waals surface area contributed by atoms with Crippen molar-refractivity contribution >= 4 is 11.0 Å². The van der Waals surface area contributed by atoms with E-state index in [1.165, 1.54) is 12.8 Å². The number of hydrogen-bond acceptors (Lipinski definition) is 1. The molecule has 0 bridgehead atoms. The third-order valence-electron chi connectivity index (χ3n) is 4.20. The second-order valence-electron chi connectivity index (χ2n) is 7.29. The van der Waals surface area contributed by atoms with Crippen molar-refractivity contribution in [3.63, 3.8) is 0 Å². The Labute approximate surface area is 121 Å². The average molecular weight is 301 g/mol. The molecule has 0 aromatic rings. The molecule has 1 fully saturated rings. The van der Waals surface area contributed by atoms with Gasteiger partial charge in [-0.05, 0) is 11.0 Å². The van der Waals surface area contributed by atoms with Gasteiger partial charge in [0, 0.05) is 0 Å². The van der Waals surface area contributed by atoms with Crippen LogP contribution in [0.25, 0.3) is 0 Å². The Kier molecular flexibility index (Phi) is 5.28. The van der Waals surface area contributed by atoms with Gasteiger partial charge in [-0.25, -0.2) is 0 Å². The molecule has 0 radical (unpaired) electrons. The molecular weight excluding hydrogens is 270 g/mol. The maximum atomic E-state index is 4.00. The largest absolute Gasteiger partial charge is 0.0149 e. The van der Waals surface area contributed by atoms with Crippen molar-refractivity contribution in [3.05, 3.63) is 24.3 Å². The predicted octanol–water partition coefficient (Wildman–Crippen LogP) is 3.03. The first kappa shape index (κ1) is 16.4. The zero-order valence-corrected chi connectivity index (χ0v) is 13.5. The topological polar surface area (TPSA) is 12.0 Å². The Bertz CT molecular complexity index is 341. The van der Waals surface area contributed by atoms with E-state index in [0.29, 0.717) is 0 Å². The van der Waals surface area contributed by atoms with Crippen LogP contribution in [0.1, 0.15) is 33.6 Å². The summed E-state index contributed by atoms with van der Waals surface area (Å²) in [7, 11) is 0. The monoisotopic (exact) mass is 301 g/mol. The van der Waals surface area contributed by atoms with E-state index >= 15 is 0 Å². The summed E-state index contributed by atoms with van der Waals surface area (Å²) in [5, 5.41) is 5.12. The van der Waals surface area contributed by atoms with Crippen molar-refractivity contribution in [1.29, 1.82) is 0 Å². The van der Waals surface area contributed by atoms with Crippen LogP contribution in [-0.4, -0.2) is 16.5 Å². The van der Waals surface area contributed by atoms with Crippen LogP contribution in [0.5, 0.6) is 0 Å². The van der Waals surface area contributed by atoms with Gasteiger partial charge in [0.05, 0.1) is 0 Å². The third-order valence-corrected chi connectivity index (χ3v) is 10.3. The second kappa shape index (κ2) is 5.78. The van der Waals surface area contributed by atoms with Gasteiger partial charge >= 0.3 is 111 Å². The van der Waals surface area contributed by atoms with Crippen LogP contribution in [0.4, 0.5) is 0 Å². The molecule has 0 aliphatic heterocycles. The fourth-order valence-corrected chi connectivity index (χ4v) is 10.6. The molecule has 1 N–H and O–H groups in total. The molecule has 0 amide bonds. The minimum absolute atomic E-state index is 0. The van der Waals surface area contributed by atoms with Crippen molar-refractivity contribution in [3.8, 4) is 0 Å². The molecule has 2 rings (SSSR count). The zero-order valence-electron chi connectivity index (χ0n) is 12.0. The minimum Gasteiger partial charge on any atom is -0.0149 e. The van der Waals surface area contributed by atoms with E-state index < -0.39 is 16.8 Å². The van der Waals surface area contributed by atoms with E-state index in [9.17, 15) is 0 Å². The first-order chi connectivity index (χ1) is 7.80. The van der Waals surface area contributed by atoms with Crippen molar-refractivity contribution in [1.82, 2.24) is 3.80 Å². The molecule has 3 unspecified atom stereocenters. The van der Waals surface area contributed by atoms with E-state index in [1.54, 1.807) is 0 Å². The molecule has 0 heterocycles. The zero-order chi connectivity index (χ0) is 12.7. The molecule has 0 saturated heterocycles. The van der Waals surface area contributed by atoms with Crippen molar-refractivity contribution in [2.75, 3.05) is 0 Å². The van der Waals surface area contributed by atoms with Gasteiger partial charge in [0.25, 0.3) is 0 Å². The summed E-state index contributed by atoms with van der Waals surface area (Å²) in [5.74, 6) is 1.65. The molecule has 2 aliphatic rings. The van der Waals surface area contributed by atoms with E-state index in [2.05, 4.69) is 59.3 Å². The van der Waals surface area contributed by atoms with E-state index in [-0.39, 0.29) is 16.5 Å². The molecule has 3 atom stereocenters. The molecule has 18 heavy (non-hydrogen) atoms. The molecule has 1 saturated carbocycles. The molecule has 104 valence electrons. The number of nitrogens with one attached hydrogen (secondary N) is 1. The summed E-state index contributed by atoms with van der Waals surface area (Å²) >= 11 is -1.90. The minimum atomic E-state index is -1.90. The predicted molar refractivity (Wildman–Crippen MR) is 84.2 cm³/mol. The Balaban J connectivity index is 0.00000162. The second-order valence-corrected chi connectivity index (χ2v) is 14.2. The van der Waals surface area contributed by atoms with Gasteiger partial charge in [-0.3, -0.25) is 0 Å². The number of hydrogen-bond donors (Lipinski definition) is 1. The van der Waals surface area contributed by atoms with Gasteiger partial charge in [0.1, 0.15) is 0 Å². The summed E-state index contributed by atoms with van der Waals surface area (Å²) < 4.78 is 4.94. The van der Waals surface area contributed by atoms with Crippen LogP contribution in [-0.2, 0) is 16.8 Å². The molecule has 3 heteroatoms. The van der Waals surface area contributed by atoms with E-state index in [0.717, 1.165) is 16.1 Å². The standard InChI is InChI=1S/C9H11.C4H10N.2CH3.H4Si.Ti/c1-2-5-9-7-3-6-8(9)4-1;1-4(2,3)5;;;;/h1-2,4-6,8-9H,3,7H2;5H,1-3H3;2*1H3;1H4;/q;-1;;;;+1. The van der Waals surface area contributed by atoms with Crippen LogP contribution in [0.15, 0.2) is 24.3 Å². The van der Waals surface area contributed by atoms with Crippen molar-refractivity contribution < 1.29 is 16.8 Å². The van der Waals surface area contributed by atoms with Gasteiger partial charge in [-0.2, -0.15) is 0 Å². The van der Waals surface area contributed by atoms with Crippen LogP contribution in [0, 0.1) is 11.8 Å². The maximum absolute atomic E-state index is 4.00. The fraction of sp³-hybridized carbons (Fsp3) is 0.733. The molecule has 0 aromatic heterocycles. The van der Waals surface area contributed by atoms with Crippen LogP contribution >= 0.6 is 0 Å². The number of allylic oxidation sites excluding steroid dienone is 4. The quantitative estimate of drug-likeness (QED) is 0.773.